The van der Waals surface area contributed by atoms with Gasteiger partial charge in [-0.05, 0) is 42.0 Å². The summed E-state index contributed by atoms with van der Waals surface area (Å²) in [7, 11) is 1.89. The molecule has 0 unspecified atom stereocenters. The van der Waals surface area contributed by atoms with Gasteiger partial charge in [0.15, 0.2) is 0 Å². The van der Waals surface area contributed by atoms with E-state index in [1.54, 1.807) is 4.68 Å². The summed E-state index contributed by atoms with van der Waals surface area (Å²) < 4.78 is 15.0. The number of hydrogen-bond donors (Lipinski definition) is 0. The third-order valence-corrected chi connectivity index (χ3v) is 5.56. The molecule has 1 fully saturated rings. The van der Waals surface area contributed by atoms with Gasteiger partial charge >= 0.3 is 0 Å². The van der Waals surface area contributed by atoms with E-state index in [2.05, 4.69) is 23.8 Å². The SMILES string of the molecule is CC(C)[C@@H]1CN(C(=O)CCc2cnn(C)c2)CCCN1Cc1ccc(F)cc1. The molecule has 2 heterocycles. The molecule has 1 saturated heterocycles. The van der Waals surface area contributed by atoms with Gasteiger partial charge in [-0.3, -0.25) is 14.4 Å². The van der Waals surface area contributed by atoms with Gasteiger partial charge < -0.3 is 4.90 Å². The fourth-order valence-electron chi connectivity index (χ4n) is 3.95. The first kappa shape index (κ1) is 20.5. The van der Waals surface area contributed by atoms with E-state index < -0.39 is 0 Å². The summed E-state index contributed by atoms with van der Waals surface area (Å²) in [5.41, 5.74) is 2.22. The lowest BCUT2D eigenvalue weighted by Gasteiger charge is -2.34. The van der Waals surface area contributed by atoms with Crippen LogP contribution >= 0.6 is 0 Å². The Morgan fingerprint density at radius 3 is 2.61 bits per heavy atom. The van der Waals surface area contributed by atoms with Crippen molar-refractivity contribution in [3.8, 4) is 0 Å². The first-order valence-electron chi connectivity index (χ1n) is 10.2. The highest BCUT2D eigenvalue weighted by molar-refractivity contribution is 5.76. The number of nitrogens with zero attached hydrogens (tertiary/aromatic N) is 4. The highest BCUT2D eigenvalue weighted by Gasteiger charge is 2.29. The van der Waals surface area contributed by atoms with E-state index in [9.17, 15) is 9.18 Å². The van der Waals surface area contributed by atoms with Crippen LogP contribution < -0.4 is 0 Å². The van der Waals surface area contributed by atoms with Crippen LogP contribution in [0.5, 0.6) is 0 Å². The lowest BCUT2D eigenvalue weighted by molar-refractivity contribution is -0.131. The van der Waals surface area contributed by atoms with E-state index in [4.69, 9.17) is 0 Å². The molecule has 0 radical (unpaired) electrons. The van der Waals surface area contributed by atoms with Crippen LogP contribution in [-0.4, -0.2) is 51.2 Å². The number of carbonyl (C=O) groups is 1. The predicted octanol–water partition coefficient (Wildman–Crippen LogP) is 3.25. The number of benzene rings is 1. The fourth-order valence-corrected chi connectivity index (χ4v) is 3.95. The molecule has 3 rings (SSSR count). The van der Waals surface area contributed by atoms with Crippen LogP contribution in [0.4, 0.5) is 4.39 Å². The standard InChI is InChI=1S/C22H31FN4O/c1-17(2)21-16-27(22(28)10-7-19-13-24-25(3)14-19)12-4-11-26(21)15-18-5-8-20(23)9-6-18/h5-6,8-9,13-14,17,21H,4,7,10-12,15-16H2,1-3H3/t21-/m0/s1. The molecule has 152 valence electrons. The van der Waals surface area contributed by atoms with Crippen molar-refractivity contribution in [1.29, 1.82) is 0 Å². The molecule has 6 heteroatoms. The molecule has 0 aliphatic carbocycles. The number of aryl methyl sites for hydroxylation is 2. The van der Waals surface area contributed by atoms with Gasteiger partial charge in [0, 0.05) is 51.9 Å². The summed E-state index contributed by atoms with van der Waals surface area (Å²) in [6, 6.07) is 7.05. The van der Waals surface area contributed by atoms with Crippen molar-refractivity contribution in [1.82, 2.24) is 19.6 Å². The zero-order chi connectivity index (χ0) is 20.1. The van der Waals surface area contributed by atoms with Gasteiger partial charge in [0.05, 0.1) is 6.20 Å². The third kappa shape index (κ3) is 5.41. The van der Waals surface area contributed by atoms with Crippen molar-refractivity contribution < 1.29 is 9.18 Å². The van der Waals surface area contributed by atoms with E-state index >= 15 is 0 Å². The summed E-state index contributed by atoms with van der Waals surface area (Å²) in [4.78, 5) is 17.3. The van der Waals surface area contributed by atoms with Crippen LogP contribution in [0.1, 0.15) is 37.8 Å². The summed E-state index contributed by atoms with van der Waals surface area (Å²) in [6.07, 6.45) is 6.01. The quantitative estimate of drug-likeness (QED) is 0.765. The minimum atomic E-state index is -0.203. The Labute approximate surface area is 167 Å². The van der Waals surface area contributed by atoms with Crippen LogP contribution in [0.15, 0.2) is 36.7 Å². The highest BCUT2D eigenvalue weighted by Crippen LogP contribution is 2.21. The van der Waals surface area contributed by atoms with E-state index in [0.717, 1.165) is 50.1 Å². The zero-order valence-electron chi connectivity index (χ0n) is 17.1. The molecule has 1 amide bonds. The minimum Gasteiger partial charge on any atom is -0.341 e. The van der Waals surface area contributed by atoms with Gasteiger partial charge in [-0.15, -0.1) is 0 Å². The number of rotatable bonds is 6. The second-order valence-corrected chi connectivity index (χ2v) is 8.12. The lowest BCUT2D eigenvalue weighted by Crippen LogP contribution is -2.45. The number of aromatic nitrogens is 2. The Morgan fingerprint density at radius 2 is 1.96 bits per heavy atom. The maximum Gasteiger partial charge on any atom is 0.222 e. The molecule has 1 aliphatic heterocycles. The van der Waals surface area contributed by atoms with Crippen molar-refractivity contribution in [2.75, 3.05) is 19.6 Å². The Kier molecular flexibility index (Phi) is 6.83. The van der Waals surface area contributed by atoms with E-state index in [0.29, 0.717) is 18.4 Å². The average molecular weight is 387 g/mol. The fraction of sp³-hybridized carbons (Fsp3) is 0.545. The first-order valence-corrected chi connectivity index (χ1v) is 10.2. The number of carbonyl (C=O) groups excluding carboxylic acids is 1. The molecule has 1 aromatic heterocycles. The molecule has 28 heavy (non-hydrogen) atoms. The van der Waals surface area contributed by atoms with Crippen LogP contribution in [0.3, 0.4) is 0 Å². The summed E-state index contributed by atoms with van der Waals surface area (Å²) in [6.45, 7) is 7.73. The maximum atomic E-state index is 13.2. The smallest absolute Gasteiger partial charge is 0.222 e. The van der Waals surface area contributed by atoms with E-state index in [1.165, 1.54) is 12.1 Å². The first-order chi connectivity index (χ1) is 13.4. The second kappa shape index (κ2) is 9.32. The van der Waals surface area contributed by atoms with Gasteiger partial charge in [-0.1, -0.05) is 26.0 Å². The average Bonchev–Trinajstić information content (AvgIpc) is 2.96. The maximum absolute atomic E-state index is 13.2. The Balaban J connectivity index is 1.62. The molecule has 1 aromatic carbocycles. The predicted molar refractivity (Wildman–Crippen MR) is 108 cm³/mol. The monoisotopic (exact) mass is 386 g/mol. The Hall–Kier alpha value is -2.21. The molecule has 2 aromatic rings. The summed E-state index contributed by atoms with van der Waals surface area (Å²) >= 11 is 0. The molecule has 1 atom stereocenters. The molecule has 0 spiro atoms. The van der Waals surface area contributed by atoms with E-state index in [1.807, 2.05) is 36.5 Å². The van der Waals surface area contributed by atoms with Crippen LogP contribution in [0.25, 0.3) is 0 Å². The lowest BCUT2D eigenvalue weighted by atomic mass is 10.0. The van der Waals surface area contributed by atoms with Crippen molar-refractivity contribution in [2.45, 2.75) is 45.7 Å². The number of hydrogen-bond acceptors (Lipinski definition) is 3. The van der Waals surface area contributed by atoms with Crippen LogP contribution in [-0.2, 0) is 24.8 Å². The molecule has 0 bridgehead atoms. The van der Waals surface area contributed by atoms with Crippen molar-refractivity contribution >= 4 is 5.91 Å². The van der Waals surface area contributed by atoms with Gasteiger partial charge in [0.25, 0.3) is 0 Å². The molecule has 1 aliphatic rings. The Morgan fingerprint density at radius 1 is 1.21 bits per heavy atom. The highest BCUT2D eigenvalue weighted by atomic mass is 19.1. The molecule has 0 saturated carbocycles. The van der Waals surface area contributed by atoms with Crippen LogP contribution in [0.2, 0.25) is 0 Å². The van der Waals surface area contributed by atoms with Gasteiger partial charge in [0.2, 0.25) is 5.91 Å². The molecular weight excluding hydrogens is 355 g/mol. The van der Waals surface area contributed by atoms with Gasteiger partial charge in [0.1, 0.15) is 5.82 Å². The minimum absolute atomic E-state index is 0.203. The van der Waals surface area contributed by atoms with Crippen molar-refractivity contribution in [3.63, 3.8) is 0 Å². The number of halogens is 1. The van der Waals surface area contributed by atoms with Crippen molar-refractivity contribution in [3.05, 3.63) is 53.6 Å². The normalized spacial score (nSPS) is 18.5. The molecule has 0 N–H and O–H groups in total. The largest absolute Gasteiger partial charge is 0.341 e. The summed E-state index contributed by atoms with van der Waals surface area (Å²) in [5.74, 6) is 0.454. The molecule has 5 nitrogen and oxygen atoms in total. The second-order valence-electron chi connectivity index (χ2n) is 8.12. The topological polar surface area (TPSA) is 41.4 Å². The Bertz CT molecular complexity index is 771. The molecular formula is C22H31FN4O. The van der Waals surface area contributed by atoms with Crippen LogP contribution in [0, 0.1) is 11.7 Å². The summed E-state index contributed by atoms with van der Waals surface area (Å²) in [5, 5.41) is 4.17. The van der Waals surface area contributed by atoms with E-state index in [-0.39, 0.29) is 11.7 Å². The number of amides is 1. The van der Waals surface area contributed by atoms with Crippen molar-refractivity contribution in [2.24, 2.45) is 13.0 Å². The third-order valence-electron chi connectivity index (χ3n) is 5.56. The zero-order valence-corrected chi connectivity index (χ0v) is 17.1. The van der Waals surface area contributed by atoms with Gasteiger partial charge in [-0.25, -0.2) is 4.39 Å². The van der Waals surface area contributed by atoms with Gasteiger partial charge in [-0.2, -0.15) is 5.10 Å².